The third-order valence-corrected chi connectivity index (χ3v) is 3.71. The second-order valence-electron chi connectivity index (χ2n) is 5.20. The number of rotatable bonds is 6. The molecule has 22 heavy (non-hydrogen) atoms. The molecule has 1 amide bonds. The molecule has 1 aliphatic rings. The number of ketones is 1. The average molecular weight is 326 g/mol. The van der Waals surface area contributed by atoms with Crippen LogP contribution in [0.4, 0.5) is 0 Å². The fourth-order valence-electron chi connectivity index (χ4n) is 2.38. The van der Waals surface area contributed by atoms with Gasteiger partial charge in [-0.05, 0) is 12.1 Å². The fourth-order valence-corrected chi connectivity index (χ4v) is 2.38. The molecule has 2 rings (SSSR count). The van der Waals surface area contributed by atoms with Crippen LogP contribution in [-0.2, 0) is 0 Å². The van der Waals surface area contributed by atoms with E-state index in [9.17, 15) is 9.59 Å². The number of piperazine rings is 1. The molecule has 1 aliphatic heterocycles. The second-order valence-corrected chi connectivity index (χ2v) is 5.20. The van der Waals surface area contributed by atoms with E-state index in [1.165, 1.54) is 0 Å². The Labute approximate surface area is 137 Å². The largest absolute Gasteiger partial charge is 0.351 e. The predicted molar refractivity (Wildman–Crippen MR) is 90.0 cm³/mol. The number of carbonyl (C=O) groups is 2. The van der Waals surface area contributed by atoms with E-state index in [4.69, 9.17) is 0 Å². The first kappa shape index (κ1) is 18.6. The van der Waals surface area contributed by atoms with Gasteiger partial charge in [0.25, 0.3) is 5.91 Å². The minimum atomic E-state index is -0.0827. The lowest BCUT2D eigenvalue weighted by molar-refractivity contribution is 0.0944. The van der Waals surface area contributed by atoms with Gasteiger partial charge in [0.1, 0.15) is 0 Å². The molecular formula is C16H24ClN3O2. The van der Waals surface area contributed by atoms with Crippen molar-refractivity contribution >= 4 is 24.1 Å². The van der Waals surface area contributed by atoms with Gasteiger partial charge in [0.05, 0.1) is 0 Å². The highest BCUT2D eigenvalue weighted by molar-refractivity contribution is 5.98. The Morgan fingerprint density at radius 1 is 1.14 bits per heavy atom. The highest BCUT2D eigenvalue weighted by atomic mass is 35.5. The van der Waals surface area contributed by atoms with Gasteiger partial charge in [-0.25, -0.2) is 0 Å². The molecular weight excluding hydrogens is 302 g/mol. The molecule has 1 aromatic rings. The Bertz CT molecular complexity index is 485. The van der Waals surface area contributed by atoms with E-state index in [0.717, 1.165) is 32.7 Å². The predicted octanol–water partition coefficient (Wildman–Crippen LogP) is 1.34. The van der Waals surface area contributed by atoms with Crippen LogP contribution < -0.4 is 10.6 Å². The molecule has 122 valence electrons. The van der Waals surface area contributed by atoms with Crippen molar-refractivity contribution in [1.29, 1.82) is 0 Å². The molecule has 1 fully saturated rings. The molecule has 1 heterocycles. The molecule has 0 spiro atoms. The molecule has 0 aromatic heterocycles. The first-order valence-electron chi connectivity index (χ1n) is 7.55. The standard InChI is InChI=1S/C16H23N3O2.ClH/c1-2-15(20)13-3-5-14(6-4-13)16(21)18-9-12-19-10-7-17-8-11-19;/h3-6,17H,2,7-12H2,1H3,(H,18,21);1H. The van der Waals surface area contributed by atoms with Gasteiger partial charge in [-0.3, -0.25) is 14.5 Å². The van der Waals surface area contributed by atoms with Crippen molar-refractivity contribution in [1.82, 2.24) is 15.5 Å². The molecule has 2 N–H and O–H groups in total. The number of hydrogen-bond acceptors (Lipinski definition) is 4. The van der Waals surface area contributed by atoms with Gasteiger partial charge in [0.15, 0.2) is 5.78 Å². The topological polar surface area (TPSA) is 61.4 Å². The molecule has 0 unspecified atom stereocenters. The van der Waals surface area contributed by atoms with Gasteiger partial charge in [-0.15, -0.1) is 12.4 Å². The highest BCUT2D eigenvalue weighted by Gasteiger charge is 2.10. The number of benzene rings is 1. The average Bonchev–Trinajstić information content (AvgIpc) is 2.55. The first-order valence-corrected chi connectivity index (χ1v) is 7.55. The first-order chi connectivity index (χ1) is 10.2. The molecule has 1 aromatic carbocycles. The fraction of sp³-hybridized carbons (Fsp3) is 0.500. The van der Waals surface area contributed by atoms with Gasteiger partial charge in [0, 0.05) is 56.8 Å². The maximum atomic E-state index is 12.0. The third kappa shape index (κ3) is 5.40. The summed E-state index contributed by atoms with van der Waals surface area (Å²) in [5.74, 6) is 0.0151. The van der Waals surface area contributed by atoms with Gasteiger partial charge >= 0.3 is 0 Å². The number of halogens is 1. The SMILES string of the molecule is CCC(=O)c1ccc(C(=O)NCCN2CCNCC2)cc1.Cl. The van der Waals surface area contributed by atoms with E-state index in [2.05, 4.69) is 15.5 Å². The lowest BCUT2D eigenvalue weighted by Crippen LogP contribution is -2.46. The van der Waals surface area contributed by atoms with Gasteiger partial charge in [-0.2, -0.15) is 0 Å². The highest BCUT2D eigenvalue weighted by Crippen LogP contribution is 2.07. The van der Waals surface area contributed by atoms with Crippen molar-refractivity contribution in [2.24, 2.45) is 0 Å². The lowest BCUT2D eigenvalue weighted by atomic mass is 10.1. The minimum Gasteiger partial charge on any atom is -0.351 e. The van der Waals surface area contributed by atoms with Crippen molar-refractivity contribution in [3.63, 3.8) is 0 Å². The zero-order valence-corrected chi connectivity index (χ0v) is 13.7. The quantitative estimate of drug-likeness (QED) is 0.775. The lowest BCUT2D eigenvalue weighted by Gasteiger charge is -2.27. The second kappa shape index (κ2) is 9.56. The van der Waals surface area contributed by atoms with Crippen LogP contribution in [-0.4, -0.2) is 55.9 Å². The van der Waals surface area contributed by atoms with Crippen LogP contribution in [0.1, 0.15) is 34.1 Å². The molecule has 0 saturated carbocycles. The van der Waals surface area contributed by atoms with Crippen LogP contribution in [0, 0.1) is 0 Å². The Morgan fingerprint density at radius 2 is 1.73 bits per heavy atom. The van der Waals surface area contributed by atoms with Gasteiger partial charge < -0.3 is 10.6 Å². The summed E-state index contributed by atoms with van der Waals surface area (Å²) in [5.41, 5.74) is 1.26. The van der Waals surface area contributed by atoms with Crippen molar-refractivity contribution in [2.75, 3.05) is 39.3 Å². The number of hydrogen-bond donors (Lipinski definition) is 2. The number of Topliss-reactive ketones (excluding diaryl/α,β-unsaturated/α-hetero) is 1. The normalized spacial score (nSPS) is 15.0. The third-order valence-electron chi connectivity index (χ3n) is 3.71. The van der Waals surface area contributed by atoms with Crippen molar-refractivity contribution in [3.8, 4) is 0 Å². The summed E-state index contributed by atoms with van der Waals surface area (Å²) in [4.78, 5) is 25.9. The van der Waals surface area contributed by atoms with Crippen LogP contribution in [0.15, 0.2) is 24.3 Å². The minimum absolute atomic E-state index is 0. The van der Waals surface area contributed by atoms with Crippen LogP contribution in [0.2, 0.25) is 0 Å². The summed E-state index contributed by atoms with van der Waals surface area (Å²) in [6.45, 7) is 7.45. The molecule has 0 atom stereocenters. The summed E-state index contributed by atoms with van der Waals surface area (Å²) in [6.07, 6.45) is 0.482. The van der Waals surface area contributed by atoms with Crippen molar-refractivity contribution in [3.05, 3.63) is 35.4 Å². The maximum absolute atomic E-state index is 12.0. The zero-order valence-electron chi connectivity index (χ0n) is 12.9. The Kier molecular flexibility index (Phi) is 8.09. The van der Waals surface area contributed by atoms with Crippen LogP contribution in [0.5, 0.6) is 0 Å². The smallest absolute Gasteiger partial charge is 0.251 e. The van der Waals surface area contributed by atoms with E-state index in [1.807, 2.05) is 6.92 Å². The monoisotopic (exact) mass is 325 g/mol. The number of carbonyl (C=O) groups excluding carboxylic acids is 2. The summed E-state index contributed by atoms with van der Waals surface area (Å²) in [5, 5.41) is 6.23. The van der Waals surface area contributed by atoms with Crippen LogP contribution in [0.3, 0.4) is 0 Å². The van der Waals surface area contributed by atoms with Crippen LogP contribution >= 0.6 is 12.4 Å². The van der Waals surface area contributed by atoms with Crippen LogP contribution in [0.25, 0.3) is 0 Å². The summed E-state index contributed by atoms with van der Waals surface area (Å²) in [7, 11) is 0. The molecule has 0 radical (unpaired) electrons. The van der Waals surface area contributed by atoms with Gasteiger partial charge in [0.2, 0.25) is 0 Å². The van der Waals surface area contributed by atoms with E-state index in [-0.39, 0.29) is 24.1 Å². The molecule has 0 aliphatic carbocycles. The van der Waals surface area contributed by atoms with Crippen molar-refractivity contribution < 1.29 is 9.59 Å². The van der Waals surface area contributed by atoms with Crippen molar-refractivity contribution in [2.45, 2.75) is 13.3 Å². The van der Waals surface area contributed by atoms with E-state index in [1.54, 1.807) is 24.3 Å². The maximum Gasteiger partial charge on any atom is 0.251 e. The Morgan fingerprint density at radius 3 is 2.32 bits per heavy atom. The summed E-state index contributed by atoms with van der Waals surface area (Å²) in [6, 6.07) is 6.86. The molecule has 6 heteroatoms. The number of nitrogens with one attached hydrogen (secondary N) is 2. The Balaban J connectivity index is 0.00000242. The zero-order chi connectivity index (χ0) is 15.1. The number of amides is 1. The number of nitrogens with zero attached hydrogens (tertiary/aromatic N) is 1. The molecule has 0 bridgehead atoms. The Hall–Kier alpha value is -1.43. The van der Waals surface area contributed by atoms with Gasteiger partial charge in [-0.1, -0.05) is 19.1 Å². The van der Waals surface area contributed by atoms with E-state index >= 15 is 0 Å². The van der Waals surface area contributed by atoms with E-state index < -0.39 is 0 Å². The molecule has 5 nitrogen and oxygen atoms in total. The molecule has 1 saturated heterocycles. The summed E-state index contributed by atoms with van der Waals surface area (Å²) >= 11 is 0. The summed E-state index contributed by atoms with van der Waals surface area (Å²) < 4.78 is 0. The van der Waals surface area contributed by atoms with E-state index in [0.29, 0.717) is 24.1 Å².